The molecule has 2 aromatic rings. The Bertz CT molecular complexity index is 892. The van der Waals surface area contributed by atoms with Crippen LogP contribution < -0.4 is 15.1 Å². The summed E-state index contributed by atoms with van der Waals surface area (Å²) in [5, 5.41) is 15.0. The number of nitrogens with zero attached hydrogens (tertiary/aromatic N) is 3. The third kappa shape index (κ3) is 5.06. The van der Waals surface area contributed by atoms with E-state index in [2.05, 4.69) is 15.4 Å². The normalized spacial score (nSPS) is 13.7. The van der Waals surface area contributed by atoms with Gasteiger partial charge >= 0.3 is 0 Å². The van der Waals surface area contributed by atoms with Crippen LogP contribution >= 0.6 is 0 Å². The second-order valence-electron chi connectivity index (χ2n) is 6.59. The molecule has 1 heterocycles. The number of rotatable bonds is 7. The van der Waals surface area contributed by atoms with E-state index in [9.17, 15) is 14.9 Å². The first-order valence-corrected chi connectivity index (χ1v) is 9.08. The molecule has 0 aromatic heterocycles. The maximum atomic E-state index is 11.9. The fraction of sp³-hybridized carbons (Fsp3) is 0.300. The Labute approximate surface area is 163 Å². The first-order valence-electron chi connectivity index (χ1n) is 9.08. The van der Waals surface area contributed by atoms with Crippen molar-refractivity contribution in [1.29, 1.82) is 0 Å². The maximum absolute atomic E-state index is 11.9. The van der Waals surface area contributed by atoms with Crippen LogP contribution in [0.2, 0.25) is 0 Å². The molecule has 8 heteroatoms. The van der Waals surface area contributed by atoms with Gasteiger partial charge in [0, 0.05) is 36.5 Å². The Balaban J connectivity index is 1.64. The van der Waals surface area contributed by atoms with Crippen molar-refractivity contribution in [3.8, 4) is 5.75 Å². The van der Waals surface area contributed by atoms with Gasteiger partial charge < -0.3 is 9.64 Å². The summed E-state index contributed by atoms with van der Waals surface area (Å²) in [5.74, 6) is 0.194. The van der Waals surface area contributed by atoms with Gasteiger partial charge in [0.1, 0.15) is 5.75 Å². The molecule has 8 nitrogen and oxygen atoms in total. The Morgan fingerprint density at radius 1 is 1.29 bits per heavy atom. The van der Waals surface area contributed by atoms with E-state index < -0.39 is 10.8 Å². The summed E-state index contributed by atoms with van der Waals surface area (Å²) in [4.78, 5) is 24.7. The minimum atomic E-state index is -0.445. The minimum absolute atomic E-state index is 0.0153. The number of non-ortho nitro benzene ring substituents is 1. The van der Waals surface area contributed by atoms with Gasteiger partial charge in [0.05, 0.1) is 11.1 Å². The molecule has 0 unspecified atom stereocenters. The first kappa shape index (κ1) is 19.3. The predicted octanol–water partition coefficient (Wildman–Crippen LogP) is 3.03. The number of hydrogen-bond donors (Lipinski definition) is 1. The number of nitro groups is 1. The summed E-state index contributed by atoms with van der Waals surface area (Å²) in [7, 11) is 0. The molecular weight excluding hydrogens is 360 g/mol. The summed E-state index contributed by atoms with van der Waals surface area (Å²) < 4.78 is 5.42. The van der Waals surface area contributed by atoms with Crippen molar-refractivity contribution in [2.75, 3.05) is 24.6 Å². The molecule has 0 saturated carbocycles. The van der Waals surface area contributed by atoms with Crippen molar-refractivity contribution < 1.29 is 14.5 Å². The van der Waals surface area contributed by atoms with E-state index >= 15 is 0 Å². The third-order valence-corrected chi connectivity index (χ3v) is 4.42. The first-order chi connectivity index (χ1) is 13.5. The van der Waals surface area contributed by atoms with Gasteiger partial charge in [0.2, 0.25) is 0 Å². The van der Waals surface area contributed by atoms with Gasteiger partial charge in [-0.1, -0.05) is 12.1 Å². The van der Waals surface area contributed by atoms with E-state index in [0.29, 0.717) is 11.3 Å². The number of hydrazone groups is 1. The monoisotopic (exact) mass is 382 g/mol. The standard InChI is InChI=1S/C20H22N4O4/c1-15-5-4-6-18(11-15)28-14-20(25)22-21-13-16-12-17(24(26)27)7-8-19(16)23-9-2-3-10-23/h4-8,11-13H,2-3,9-10,14H2,1H3,(H,22,25)/b21-13+. The molecule has 28 heavy (non-hydrogen) atoms. The number of carbonyl (C=O) groups is 1. The zero-order valence-electron chi connectivity index (χ0n) is 15.6. The molecule has 0 aliphatic carbocycles. The fourth-order valence-corrected chi connectivity index (χ4v) is 3.06. The largest absolute Gasteiger partial charge is 0.484 e. The lowest BCUT2D eigenvalue weighted by Crippen LogP contribution is -2.25. The topological polar surface area (TPSA) is 97.1 Å². The average molecular weight is 382 g/mol. The van der Waals surface area contributed by atoms with Crippen molar-refractivity contribution in [2.24, 2.45) is 5.10 Å². The molecule has 0 radical (unpaired) electrons. The average Bonchev–Trinajstić information content (AvgIpc) is 3.21. The molecule has 1 saturated heterocycles. The maximum Gasteiger partial charge on any atom is 0.277 e. The quantitative estimate of drug-likeness (QED) is 0.451. The lowest BCUT2D eigenvalue weighted by molar-refractivity contribution is -0.384. The van der Waals surface area contributed by atoms with Crippen molar-refractivity contribution in [2.45, 2.75) is 19.8 Å². The van der Waals surface area contributed by atoms with E-state index in [0.717, 1.165) is 37.2 Å². The number of nitro benzene ring substituents is 1. The van der Waals surface area contributed by atoms with Crippen molar-refractivity contribution in [1.82, 2.24) is 5.43 Å². The van der Waals surface area contributed by atoms with E-state index in [1.165, 1.54) is 18.3 Å². The molecular formula is C20H22N4O4. The highest BCUT2D eigenvalue weighted by Crippen LogP contribution is 2.27. The number of anilines is 1. The van der Waals surface area contributed by atoms with Gasteiger partial charge in [-0.15, -0.1) is 0 Å². The van der Waals surface area contributed by atoms with Gasteiger partial charge in [-0.2, -0.15) is 5.10 Å². The van der Waals surface area contributed by atoms with E-state index in [1.807, 2.05) is 25.1 Å². The van der Waals surface area contributed by atoms with Crippen LogP contribution in [-0.4, -0.2) is 36.7 Å². The molecule has 1 aliphatic heterocycles. The van der Waals surface area contributed by atoms with E-state index in [4.69, 9.17) is 4.74 Å². The molecule has 1 N–H and O–H groups in total. The van der Waals surface area contributed by atoms with Crippen molar-refractivity contribution >= 4 is 23.5 Å². The second kappa shape index (κ2) is 8.98. The molecule has 1 amide bonds. The number of benzene rings is 2. The number of hydrogen-bond acceptors (Lipinski definition) is 6. The Morgan fingerprint density at radius 3 is 2.79 bits per heavy atom. The molecule has 0 atom stereocenters. The lowest BCUT2D eigenvalue weighted by Gasteiger charge is -2.19. The predicted molar refractivity (Wildman–Crippen MR) is 107 cm³/mol. The van der Waals surface area contributed by atoms with Gasteiger partial charge in [-0.25, -0.2) is 5.43 Å². The number of carbonyl (C=O) groups excluding carboxylic acids is 1. The number of aryl methyl sites for hydroxylation is 1. The van der Waals surface area contributed by atoms with Gasteiger partial charge in [-0.05, 0) is 43.5 Å². The van der Waals surface area contributed by atoms with Crippen LogP contribution in [-0.2, 0) is 4.79 Å². The van der Waals surface area contributed by atoms with E-state index in [-0.39, 0.29) is 12.3 Å². The molecule has 3 rings (SSSR count). The van der Waals surface area contributed by atoms with Gasteiger partial charge in [-0.3, -0.25) is 14.9 Å². The zero-order chi connectivity index (χ0) is 19.9. The summed E-state index contributed by atoms with van der Waals surface area (Å²) in [6.45, 7) is 3.56. The Kier molecular flexibility index (Phi) is 6.21. The summed E-state index contributed by atoms with van der Waals surface area (Å²) in [6, 6.07) is 12.1. The summed E-state index contributed by atoms with van der Waals surface area (Å²) in [5.41, 5.74) is 4.89. The molecule has 1 fully saturated rings. The highest BCUT2D eigenvalue weighted by molar-refractivity contribution is 5.90. The highest BCUT2D eigenvalue weighted by Gasteiger charge is 2.17. The Morgan fingerprint density at radius 2 is 2.07 bits per heavy atom. The number of amides is 1. The number of nitrogens with one attached hydrogen (secondary N) is 1. The smallest absolute Gasteiger partial charge is 0.277 e. The summed E-state index contributed by atoms with van der Waals surface area (Å²) >= 11 is 0. The molecule has 146 valence electrons. The summed E-state index contributed by atoms with van der Waals surface area (Å²) in [6.07, 6.45) is 3.60. The van der Waals surface area contributed by atoms with Crippen molar-refractivity contribution in [3.63, 3.8) is 0 Å². The molecule has 0 spiro atoms. The van der Waals surface area contributed by atoms with Gasteiger partial charge in [0.15, 0.2) is 6.61 Å². The van der Waals surface area contributed by atoms with Crippen molar-refractivity contribution in [3.05, 3.63) is 63.7 Å². The second-order valence-corrected chi connectivity index (χ2v) is 6.59. The third-order valence-electron chi connectivity index (χ3n) is 4.42. The molecule has 0 bridgehead atoms. The highest BCUT2D eigenvalue weighted by atomic mass is 16.6. The van der Waals surface area contributed by atoms with E-state index in [1.54, 1.807) is 12.1 Å². The van der Waals surface area contributed by atoms with Crippen LogP contribution in [0.5, 0.6) is 5.75 Å². The van der Waals surface area contributed by atoms with Crippen LogP contribution in [0.15, 0.2) is 47.6 Å². The molecule has 1 aliphatic rings. The minimum Gasteiger partial charge on any atom is -0.484 e. The Hall–Kier alpha value is -3.42. The number of ether oxygens (including phenoxy) is 1. The van der Waals surface area contributed by atoms with Crippen LogP contribution in [0.3, 0.4) is 0 Å². The molecule has 2 aromatic carbocycles. The lowest BCUT2D eigenvalue weighted by atomic mass is 10.1. The fourth-order valence-electron chi connectivity index (χ4n) is 3.06. The zero-order valence-corrected chi connectivity index (χ0v) is 15.6. The van der Waals surface area contributed by atoms with Gasteiger partial charge in [0.25, 0.3) is 11.6 Å². The van der Waals surface area contributed by atoms with Crippen LogP contribution in [0.1, 0.15) is 24.0 Å². The SMILES string of the molecule is Cc1cccc(OCC(=O)N/N=C/c2cc([N+](=O)[O-])ccc2N2CCCC2)c1. The van der Waals surface area contributed by atoms with Crippen LogP contribution in [0.4, 0.5) is 11.4 Å². The van der Waals surface area contributed by atoms with Crippen LogP contribution in [0.25, 0.3) is 0 Å². The van der Waals surface area contributed by atoms with Crippen LogP contribution in [0, 0.1) is 17.0 Å².